The minimum Gasteiger partial charge on any atom is -0.448 e. The maximum Gasteiger partial charge on any atom is 0.410 e. The molecule has 1 aliphatic heterocycles. The van der Waals surface area contributed by atoms with Gasteiger partial charge >= 0.3 is 6.09 Å². The van der Waals surface area contributed by atoms with Crippen molar-refractivity contribution in [3.63, 3.8) is 0 Å². The molecule has 2 amide bonds. The van der Waals surface area contributed by atoms with Gasteiger partial charge in [-0.1, -0.05) is 48.5 Å². The first-order valence-electron chi connectivity index (χ1n) is 11.3. The van der Waals surface area contributed by atoms with Crippen molar-refractivity contribution in [2.75, 3.05) is 19.7 Å². The summed E-state index contributed by atoms with van der Waals surface area (Å²) in [5.74, 6) is -0.731. The fourth-order valence-corrected chi connectivity index (χ4v) is 4.67. The Kier molecular flexibility index (Phi) is 6.81. The van der Waals surface area contributed by atoms with E-state index in [1.54, 1.807) is 0 Å². The fourth-order valence-electron chi connectivity index (χ4n) is 4.67. The number of carbonyl (C=O) groups is 3. The van der Waals surface area contributed by atoms with Crippen molar-refractivity contribution in [3.05, 3.63) is 59.7 Å². The molecule has 9 heteroatoms. The molecule has 1 saturated heterocycles. The van der Waals surface area contributed by atoms with Crippen molar-refractivity contribution in [1.29, 1.82) is 0 Å². The lowest BCUT2D eigenvalue weighted by molar-refractivity contribution is -0.134. The smallest absolute Gasteiger partial charge is 0.410 e. The average Bonchev–Trinajstić information content (AvgIpc) is 3.14. The number of rotatable bonds is 7. The largest absolute Gasteiger partial charge is 0.448 e. The van der Waals surface area contributed by atoms with Crippen LogP contribution >= 0.6 is 0 Å². The molecule has 0 bridgehead atoms. The van der Waals surface area contributed by atoms with Crippen LogP contribution in [-0.4, -0.2) is 60.4 Å². The van der Waals surface area contributed by atoms with Gasteiger partial charge in [0.05, 0.1) is 6.54 Å². The molecule has 1 aliphatic carbocycles. The number of nitrogens with zero attached hydrogens (tertiary/aromatic N) is 2. The molecule has 2 aromatic rings. The van der Waals surface area contributed by atoms with Crippen LogP contribution in [-0.2, 0) is 14.3 Å². The van der Waals surface area contributed by atoms with Gasteiger partial charge in [-0.3, -0.25) is 19.5 Å². The number of aliphatic imine (C=N–C) groups is 1. The number of Topliss-reactive ketones (excluding diaryl/α,β-unsaturated/α-hetero) is 1. The molecule has 178 valence electrons. The first kappa shape index (κ1) is 23.3. The summed E-state index contributed by atoms with van der Waals surface area (Å²) in [5, 5.41) is 2.70. The molecular formula is C25H29N5O4. The number of amides is 2. The van der Waals surface area contributed by atoms with Crippen LogP contribution in [0.1, 0.15) is 36.8 Å². The number of piperazine rings is 1. The standard InChI is InChI=1S/C25H29N5O4/c1-15(31)21-13-30(22(23(32)29-21)11-6-12-28-24(26)27)25(33)34-14-20-18-9-4-2-7-16(18)17-8-3-5-10-19(17)20/h2-5,7-10,20-22H,6,11-14H2,1H3,(H,29,32)(H4,26,27,28)/t21-,22+/m0/s1. The molecule has 2 atom stereocenters. The van der Waals surface area contributed by atoms with Gasteiger partial charge in [0.1, 0.15) is 18.7 Å². The maximum absolute atomic E-state index is 13.2. The van der Waals surface area contributed by atoms with Crippen LogP contribution in [0.25, 0.3) is 11.1 Å². The number of ether oxygens (including phenoxy) is 1. The van der Waals surface area contributed by atoms with E-state index in [1.165, 1.54) is 11.8 Å². The van der Waals surface area contributed by atoms with Crippen LogP contribution < -0.4 is 16.8 Å². The summed E-state index contributed by atoms with van der Waals surface area (Å²) in [6.07, 6.45) is 0.223. The van der Waals surface area contributed by atoms with Gasteiger partial charge in [0, 0.05) is 12.5 Å². The number of nitrogens with two attached hydrogens (primary N) is 2. The van der Waals surface area contributed by atoms with E-state index < -0.39 is 18.2 Å². The van der Waals surface area contributed by atoms with Crippen LogP contribution in [0.3, 0.4) is 0 Å². The number of guanidine groups is 1. The lowest BCUT2D eigenvalue weighted by atomic mass is 9.98. The third kappa shape index (κ3) is 4.73. The number of benzene rings is 2. The molecule has 4 rings (SSSR count). The van der Waals surface area contributed by atoms with Gasteiger partial charge in [0.15, 0.2) is 11.7 Å². The first-order chi connectivity index (χ1) is 16.4. The molecule has 0 radical (unpaired) electrons. The van der Waals surface area contributed by atoms with E-state index in [0.29, 0.717) is 19.4 Å². The first-order valence-corrected chi connectivity index (χ1v) is 11.3. The second-order valence-corrected chi connectivity index (χ2v) is 8.59. The zero-order valence-electron chi connectivity index (χ0n) is 19.1. The summed E-state index contributed by atoms with van der Waals surface area (Å²) in [6.45, 7) is 1.92. The molecule has 5 N–H and O–H groups in total. The summed E-state index contributed by atoms with van der Waals surface area (Å²) >= 11 is 0. The minimum absolute atomic E-state index is 0.0295. The normalized spacial score (nSPS) is 19.1. The van der Waals surface area contributed by atoms with E-state index >= 15 is 0 Å². The monoisotopic (exact) mass is 463 g/mol. The van der Waals surface area contributed by atoms with E-state index in [1.807, 2.05) is 36.4 Å². The van der Waals surface area contributed by atoms with Crippen LogP contribution in [0.2, 0.25) is 0 Å². The average molecular weight is 464 g/mol. The van der Waals surface area contributed by atoms with Crippen molar-refractivity contribution >= 4 is 23.7 Å². The lowest BCUT2D eigenvalue weighted by Crippen LogP contribution is -2.63. The van der Waals surface area contributed by atoms with Crippen molar-refractivity contribution < 1.29 is 19.1 Å². The third-order valence-electron chi connectivity index (χ3n) is 6.37. The Hall–Kier alpha value is -3.88. The molecule has 1 heterocycles. The van der Waals surface area contributed by atoms with E-state index in [0.717, 1.165) is 22.3 Å². The maximum atomic E-state index is 13.2. The van der Waals surface area contributed by atoms with Crippen molar-refractivity contribution in [2.45, 2.75) is 37.8 Å². The van der Waals surface area contributed by atoms with Gasteiger partial charge in [-0.25, -0.2) is 4.79 Å². The van der Waals surface area contributed by atoms with Gasteiger partial charge in [0.2, 0.25) is 5.91 Å². The summed E-state index contributed by atoms with van der Waals surface area (Å²) in [4.78, 5) is 43.2. The molecule has 34 heavy (non-hydrogen) atoms. The predicted octanol–water partition coefficient (Wildman–Crippen LogP) is 1.75. The van der Waals surface area contributed by atoms with Gasteiger partial charge in [0.25, 0.3) is 0 Å². The van der Waals surface area contributed by atoms with Crippen LogP contribution in [0.4, 0.5) is 4.79 Å². The summed E-state index contributed by atoms with van der Waals surface area (Å²) in [6, 6.07) is 14.6. The number of carbonyl (C=O) groups excluding carboxylic acids is 3. The molecule has 2 aliphatic rings. The Labute approximate surface area is 198 Å². The number of fused-ring (bicyclic) bond motifs is 3. The molecule has 0 aromatic heterocycles. The number of hydrogen-bond acceptors (Lipinski definition) is 5. The van der Waals surface area contributed by atoms with E-state index in [4.69, 9.17) is 16.2 Å². The van der Waals surface area contributed by atoms with Gasteiger partial charge < -0.3 is 21.5 Å². The highest BCUT2D eigenvalue weighted by Gasteiger charge is 2.40. The third-order valence-corrected chi connectivity index (χ3v) is 6.37. The van der Waals surface area contributed by atoms with Gasteiger partial charge in [-0.2, -0.15) is 0 Å². The quantitative estimate of drug-likeness (QED) is 0.325. The molecule has 0 saturated carbocycles. The number of nitrogens with one attached hydrogen (secondary N) is 1. The van der Waals surface area contributed by atoms with E-state index in [-0.39, 0.29) is 36.7 Å². The second-order valence-electron chi connectivity index (χ2n) is 8.59. The zero-order valence-corrected chi connectivity index (χ0v) is 19.1. The second kappa shape index (κ2) is 9.94. The van der Waals surface area contributed by atoms with Crippen molar-refractivity contribution in [2.24, 2.45) is 16.5 Å². The Bertz CT molecular complexity index is 1080. The molecule has 2 aromatic carbocycles. The summed E-state index contributed by atoms with van der Waals surface area (Å²) < 4.78 is 5.76. The molecule has 9 nitrogen and oxygen atoms in total. The van der Waals surface area contributed by atoms with Crippen molar-refractivity contribution in [3.8, 4) is 11.1 Å². The molecular weight excluding hydrogens is 434 g/mol. The van der Waals surface area contributed by atoms with E-state index in [9.17, 15) is 14.4 Å². The lowest BCUT2D eigenvalue weighted by Gasteiger charge is -2.38. The minimum atomic E-state index is -0.763. The Morgan fingerprint density at radius 1 is 1.09 bits per heavy atom. The Morgan fingerprint density at radius 2 is 1.71 bits per heavy atom. The van der Waals surface area contributed by atoms with Gasteiger partial charge in [-0.15, -0.1) is 0 Å². The Morgan fingerprint density at radius 3 is 2.29 bits per heavy atom. The highest BCUT2D eigenvalue weighted by Crippen LogP contribution is 2.44. The SMILES string of the molecule is CC(=O)[C@@H]1CN(C(=O)OCC2c3ccccc3-c3ccccc32)[C@H](CCCN=C(N)N)C(=O)N1. The predicted molar refractivity (Wildman–Crippen MR) is 128 cm³/mol. The zero-order chi connectivity index (χ0) is 24.2. The number of ketones is 1. The highest BCUT2D eigenvalue weighted by molar-refractivity contribution is 5.93. The molecule has 0 unspecified atom stereocenters. The highest BCUT2D eigenvalue weighted by atomic mass is 16.6. The van der Waals surface area contributed by atoms with Crippen molar-refractivity contribution in [1.82, 2.24) is 10.2 Å². The summed E-state index contributed by atoms with van der Waals surface area (Å²) in [5.41, 5.74) is 15.2. The topological polar surface area (TPSA) is 140 Å². The Balaban J connectivity index is 1.49. The van der Waals surface area contributed by atoms with Crippen LogP contribution in [0.5, 0.6) is 0 Å². The van der Waals surface area contributed by atoms with Crippen LogP contribution in [0, 0.1) is 0 Å². The van der Waals surface area contributed by atoms with Crippen LogP contribution in [0.15, 0.2) is 53.5 Å². The van der Waals surface area contributed by atoms with Gasteiger partial charge in [-0.05, 0) is 42.0 Å². The molecule has 0 spiro atoms. The summed E-state index contributed by atoms with van der Waals surface area (Å²) in [7, 11) is 0. The fraction of sp³-hybridized carbons (Fsp3) is 0.360. The van der Waals surface area contributed by atoms with E-state index in [2.05, 4.69) is 22.4 Å². The molecule has 1 fully saturated rings. The number of hydrogen-bond donors (Lipinski definition) is 3.